The van der Waals surface area contributed by atoms with Gasteiger partial charge in [0, 0.05) is 18.9 Å². The first-order valence-corrected chi connectivity index (χ1v) is 8.69. The summed E-state index contributed by atoms with van der Waals surface area (Å²) in [6.07, 6.45) is 3.39. The highest BCUT2D eigenvalue weighted by Crippen LogP contribution is 2.23. The predicted molar refractivity (Wildman–Crippen MR) is 85.4 cm³/mol. The molecule has 8 nitrogen and oxygen atoms in total. The molecule has 128 valence electrons. The van der Waals surface area contributed by atoms with Crippen molar-refractivity contribution in [2.45, 2.75) is 4.90 Å². The summed E-state index contributed by atoms with van der Waals surface area (Å²) in [5, 5.41) is 12.0. The molecule has 1 heterocycles. The first-order chi connectivity index (χ1) is 11.5. The van der Waals surface area contributed by atoms with Crippen LogP contribution in [0.5, 0.6) is 11.5 Å². The van der Waals surface area contributed by atoms with Gasteiger partial charge in [-0.25, -0.2) is 13.5 Å². The third kappa shape index (κ3) is 5.30. The quantitative estimate of drug-likeness (QED) is 0.301. The first-order valence-electron chi connectivity index (χ1n) is 7.03. The zero-order valence-electron chi connectivity index (χ0n) is 12.7. The standard InChI is InChI=1S/C15H17N3O5S/c19-12-18(20)9-8-17-11-24(21,22)15-3-1-2-14(10-15)23-13-4-6-16-7-5-13/h1-7,10,12,17,20H,8-9,11H2. The van der Waals surface area contributed by atoms with Gasteiger partial charge in [0.15, 0.2) is 9.84 Å². The van der Waals surface area contributed by atoms with Gasteiger partial charge in [-0.05, 0) is 30.3 Å². The number of ether oxygens (including phenoxy) is 1. The second-order valence-corrected chi connectivity index (χ2v) is 6.78. The molecule has 0 unspecified atom stereocenters. The molecular weight excluding hydrogens is 334 g/mol. The molecule has 1 amide bonds. The van der Waals surface area contributed by atoms with Crippen LogP contribution < -0.4 is 10.1 Å². The van der Waals surface area contributed by atoms with Crippen LogP contribution in [0.4, 0.5) is 0 Å². The molecule has 9 heteroatoms. The first kappa shape index (κ1) is 17.9. The summed E-state index contributed by atoms with van der Waals surface area (Å²) in [6, 6.07) is 9.47. The smallest absolute Gasteiger partial charge is 0.233 e. The maximum Gasteiger partial charge on any atom is 0.233 e. The fourth-order valence-corrected chi connectivity index (χ4v) is 2.97. The molecule has 0 fully saturated rings. The summed E-state index contributed by atoms with van der Waals surface area (Å²) in [4.78, 5) is 14.2. The van der Waals surface area contributed by atoms with Gasteiger partial charge >= 0.3 is 0 Å². The number of aromatic nitrogens is 1. The minimum absolute atomic E-state index is 0.00971. The predicted octanol–water partition coefficient (Wildman–Crippen LogP) is 1.04. The van der Waals surface area contributed by atoms with E-state index >= 15 is 0 Å². The highest BCUT2D eigenvalue weighted by atomic mass is 32.2. The van der Waals surface area contributed by atoms with Crippen LogP contribution in [0.25, 0.3) is 0 Å². The van der Waals surface area contributed by atoms with E-state index in [0.717, 1.165) is 0 Å². The Morgan fingerprint density at radius 2 is 1.96 bits per heavy atom. The van der Waals surface area contributed by atoms with E-state index in [4.69, 9.17) is 9.94 Å². The third-order valence-electron chi connectivity index (χ3n) is 2.98. The average Bonchev–Trinajstić information content (AvgIpc) is 2.59. The van der Waals surface area contributed by atoms with Crippen LogP contribution in [0, 0.1) is 0 Å². The number of rotatable bonds is 9. The zero-order chi connectivity index (χ0) is 17.4. The Balaban J connectivity index is 2.00. The Morgan fingerprint density at radius 1 is 1.21 bits per heavy atom. The SMILES string of the molecule is O=CN(O)CCNCS(=O)(=O)c1cccc(Oc2ccncc2)c1. The van der Waals surface area contributed by atoms with E-state index in [-0.39, 0.29) is 30.3 Å². The lowest BCUT2D eigenvalue weighted by Crippen LogP contribution is -2.32. The van der Waals surface area contributed by atoms with Crippen LogP contribution in [0.2, 0.25) is 0 Å². The van der Waals surface area contributed by atoms with Gasteiger partial charge in [-0.1, -0.05) is 6.07 Å². The molecule has 0 bridgehead atoms. The maximum absolute atomic E-state index is 12.3. The lowest BCUT2D eigenvalue weighted by molar-refractivity contribution is -0.149. The Bertz CT molecular complexity index is 768. The number of pyridine rings is 1. The summed E-state index contributed by atoms with van der Waals surface area (Å²) in [5.41, 5.74) is 0. The molecule has 24 heavy (non-hydrogen) atoms. The summed E-state index contributed by atoms with van der Waals surface area (Å²) in [5.74, 6) is 0.623. The average molecular weight is 351 g/mol. The number of nitrogens with one attached hydrogen (secondary N) is 1. The van der Waals surface area contributed by atoms with Crippen LogP contribution in [0.1, 0.15) is 0 Å². The molecule has 0 radical (unpaired) electrons. The number of hydrogen-bond acceptors (Lipinski definition) is 7. The number of nitrogens with zero attached hydrogens (tertiary/aromatic N) is 2. The molecule has 0 saturated heterocycles. The van der Waals surface area contributed by atoms with Crippen molar-refractivity contribution in [2.75, 3.05) is 19.0 Å². The van der Waals surface area contributed by atoms with Crippen LogP contribution in [-0.2, 0) is 14.6 Å². The minimum Gasteiger partial charge on any atom is -0.457 e. The van der Waals surface area contributed by atoms with E-state index in [1.807, 2.05) is 0 Å². The van der Waals surface area contributed by atoms with E-state index < -0.39 is 9.84 Å². The number of sulfone groups is 1. The van der Waals surface area contributed by atoms with E-state index in [1.54, 1.807) is 36.7 Å². The number of hydroxylamine groups is 2. The van der Waals surface area contributed by atoms with Crippen LogP contribution in [-0.4, -0.2) is 49.0 Å². The molecule has 0 aliphatic heterocycles. The van der Waals surface area contributed by atoms with Crippen molar-refractivity contribution in [2.24, 2.45) is 0 Å². The van der Waals surface area contributed by atoms with Crippen LogP contribution in [0.15, 0.2) is 53.7 Å². The normalized spacial score (nSPS) is 11.0. The Hall–Kier alpha value is -2.49. The fraction of sp³-hybridized carbons (Fsp3) is 0.200. The van der Waals surface area contributed by atoms with Crippen molar-refractivity contribution in [3.8, 4) is 11.5 Å². The number of carbonyl (C=O) groups is 1. The van der Waals surface area contributed by atoms with Crippen molar-refractivity contribution >= 4 is 16.2 Å². The molecule has 1 aromatic carbocycles. The molecule has 2 N–H and O–H groups in total. The number of hydrogen-bond donors (Lipinski definition) is 2. The number of benzene rings is 1. The number of amides is 1. The molecule has 0 aliphatic carbocycles. The summed E-state index contributed by atoms with van der Waals surface area (Å²) in [7, 11) is -3.57. The van der Waals surface area contributed by atoms with Gasteiger partial charge in [0.2, 0.25) is 6.41 Å². The van der Waals surface area contributed by atoms with Gasteiger partial charge in [0.05, 0.1) is 11.4 Å². The van der Waals surface area contributed by atoms with Crippen molar-refractivity contribution in [3.05, 3.63) is 48.8 Å². The molecule has 2 aromatic rings. The maximum atomic E-state index is 12.3. The Morgan fingerprint density at radius 3 is 2.67 bits per heavy atom. The molecule has 0 atom stereocenters. The molecule has 1 aromatic heterocycles. The summed E-state index contributed by atoms with van der Waals surface area (Å²) < 4.78 is 30.1. The Kier molecular flexibility index (Phi) is 6.24. The molecule has 0 aliphatic rings. The second-order valence-electron chi connectivity index (χ2n) is 4.79. The van der Waals surface area contributed by atoms with Crippen molar-refractivity contribution in [1.82, 2.24) is 15.4 Å². The van der Waals surface area contributed by atoms with Crippen LogP contribution >= 0.6 is 0 Å². The van der Waals surface area contributed by atoms with Gasteiger partial charge in [-0.15, -0.1) is 0 Å². The monoisotopic (exact) mass is 351 g/mol. The molecule has 2 rings (SSSR count). The van der Waals surface area contributed by atoms with Gasteiger partial charge in [-0.3, -0.25) is 15.0 Å². The van der Waals surface area contributed by atoms with Crippen molar-refractivity contribution in [1.29, 1.82) is 0 Å². The largest absolute Gasteiger partial charge is 0.457 e. The summed E-state index contributed by atoms with van der Waals surface area (Å²) >= 11 is 0. The third-order valence-corrected chi connectivity index (χ3v) is 4.54. The Labute approximate surface area is 139 Å². The lowest BCUT2D eigenvalue weighted by Gasteiger charge is -2.11. The highest BCUT2D eigenvalue weighted by Gasteiger charge is 2.15. The van der Waals surface area contributed by atoms with Gasteiger partial charge in [0.1, 0.15) is 17.4 Å². The van der Waals surface area contributed by atoms with Gasteiger partial charge < -0.3 is 10.1 Å². The van der Waals surface area contributed by atoms with Crippen molar-refractivity contribution < 1.29 is 23.2 Å². The molecular formula is C15H17N3O5S. The minimum atomic E-state index is -3.57. The highest BCUT2D eigenvalue weighted by molar-refractivity contribution is 7.91. The lowest BCUT2D eigenvalue weighted by atomic mass is 10.3. The topological polar surface area (TPSA) is 109 Å². The second kappa shape index (κ2) is 8.39. The van der Waals surface area contributed by atoms with Crippen LogP contribution in [0.3, 0.4) is 0 Å². The molecule has 0 spiro atoms. The zero-order valence-corrected chi connectivity index (χ0v) is 13.5. The summed E-state index contributed by atoms with van der Waals surface area (Å²) in [6.45, 7) is 0.131. The van der Waals surface area contributed by atoms with Crippen molar-refractivity contribution in [3.63, 3.8) is 0 Å². The van der Waals surface area contributed by atoms with E-state index in [2.05, 4.69) is 10.3 Å². The van der Waals surface area contributed by atoms with Gasteiger partial charge in [0.25, 0.3) is 0 Å². The van der Waals surface area contributed by atoms with E-state index in [9.17, 15) is 13.2 Å². The van der Waals surface area contributed by atoms with E-state index in [1.165, 1.54) is 12.1 Å². The van der Waals surface area contributed by atoms with Gasteiger partial charge in [-0.2, -0.15) is 0 Å². The van der Waals surface area contributed by atoms with E-state index in [0.29, 0.717) is 16.6 Å². The molecule has 0 saturated carbocycles. The number of carbonyl (C=O) groups excluding carboxylic acids is 1. The fourth-order valence-electron chi connectivity index (χ4n) is 1.81.